The minimum Gasteiger partial charge on any atom is -0.277 e. The number of hydrogen-bond donors (Lipinski definition) is 2. The highest BCUT2D eigenvalue weighted by molar-refractivity contribution is 7.80. The highest BCUT2D eigenvalue weighted by atomic mass is 32.1. The summed E-state index contributed by atoms with van der Waals surface area (Å²) in [6.45, 7) is 0. The zero-order valence-corrected chi connectivity index (χ0v) is 21.6. The fourth-order valence-corrected chi connectivity index (χ4v) is 3.78. The van der Waals surface area contributed by atoms with Gasteiger partial charge in [0.15, 0.2) is 0 Å². The number of carbonyl (C=O) groups is 2. The van der Waals surface area contributed by atoms with Crippen LogP contribution in [-0.2, 0) is 9.59 Å². The van der Waals surface area contributed by atoms with E-state index in [2.05, 4.69) is 10.9 Å². The molecule has 0 aromatic heterocycles. The van der Waals surface area contributed by atoms with Crippen molar-refractivity contribution >= 4 is 46.2 Å². The lowest BCUT2D eigenvalue weighted by Crippen LogP contribution is -2.42. The maximum Gasteiger partial charge on any atom is 0.238 e. The van der Waals surface area contributed by atoms with Gasteiger partial charge in [-0.3, -0.25) is 30.5 Å². The molecular formula is C26H34N4O2S2. The number of carbonyl (C=O) groups excluding carboxylic acids is 2. The van der Waals surface area contributed by atoms with Crippen LogP contribution >= 0.6 is 24.4 Å². The number of nitrogens with one attached hydrogen (secondary N) is 2. The van der Waals surface area contributed by atoms with Gasteiger partial charge in [-0.05, 0) is 12.8 Å². The van der Waals surface area contributed by atoms with Crippen LogP contribution < -0.4 is 10.9 Å². The fourth-order valence-electron chi connectivity index (χ4n) is 3.41. The summed E-state index contributed by atoms with van der Waals surface area (Å²) in [6, 6.07) is 19.2. The minimum atomic E-state index is -0.0324. The van der Waals surface area contributed by atoms with Crippen LogP contribution in [0, 0.1) is 0 Å². The Hall–Kier alpha value is -2.84. The minimum absolute atomic E-state index is 0.0324. The smallest absolute Gasteiger partial charge is 0.238 e. The van der Waals surface area contributed by atoms with Gasteiger partial charge in [-0.25, -0.2) is 0 Å². The van der Waals surface area contributed by atoms with E-state index in [9.17, 15) is 9.59 Å². The van der Waals surface area contributed by atoms with Gasteiger partial charge in [0.25, 0.3) is 0 Å². The Morgan fingerprint density at radius 1 is 0.618 bits per heavy atom. The maximum atomic E-state index is 12.2. The van der Waals surface area contributed by atoms with Gasteiger partial charge in [0.1, 0.15) is 9.98 Å². The van der Waals surface area contributed by atoms with Crippen molar-refractivity contribution in [2.45, 2.75) is 51.4 Å². The zero-order chi connectivity index (χ0) is 24.8. The first-order valence-corrected chi connectivity index (χ1v) is 12.5. The lowest BCUT2D eigenvalue weighted by Gasteiger charge is -2.21. The van der Waals surface area contributed by atoms with E-state index in [1.54, 1.807) is 24.1 Å². The second-order valence-electron chi connectivity index (χ2n) is 8.15. The van der Waals surface area contributed by atoms with Gasteiger partial charge in [0, 0.05) is 38.1 Å². The van der Waals surface area contributed by atoms with E-state index in [-0.39, 0.29) is 11.8 Å². The van der Waals surface area contributed by atoms with Gasteiger partial charge in [-0.2, -0.15) is 0 Å². The second kappa shape index (κ2) is 15.1. The van der Waals surface area contributed by atoms with Crippen molar-refractivity contribution in [3.63, 3.8) is 0 Å². The summed E-state index contributed by atoms with van der Waals surface area (Å²) >= 11 is 10.8. The Bertz CT molecular complexity index is 861. The van der Waals surface area contributed by atoms with Crippen molar-refractivity contribution in [3.8, 4) is 0 Å². The van der Waals surface area contributed by atoms with Crippen molar-refractivity contribution < 1.29 is 9.59 Å². The van der Waals surface area contributed by atoms with Gasteiger partial charge >= 0.3 is 0 Å². The fraction of sp³-hybridized carbons (Fsp3) is 0.385. The van der Waals surface area contributed by atoms with E-state index in [1.807, 2.05) is 60.7 Å². The zero-order valence-electron chi connectivity index (χ0n) is 20.0. The lowest BCUT2D eigenvalue weighted by molar-refractivity contribution is -0.124. The number of hydrazine groups is 2. The van der Waals surface area contributed by atoms with Crippen LogP contribution in [0.25, 0.3) is 0 Å². The summed E-state index contributed by atoms with van der Waals surface area (Å²) in [4.78, 5) is 25.5. The first-order chi connectivity index (χ1) is 16.4. The molecule has 0 aliphatic carbocycles. The molecule has 2 N–H and O–H groups in total. The summed E-state index contributed by atoms with van der Waals surface area (Å²) in [5.41, 5.74) is 7.47. The number of hydrogen-bond acceptors (Lipinski definition) is 4. The van der Waals surface area contributed by atoms with Crippen molar-refractivity contribution in [2.75, 3.05) is 14.1 Å². The second-order valence-corrected chi connectivity index (χ2v) is 8.93. The predicted molar refractivity (Wildman–Crippen MR) is 145 cm³/mol. The molecule has 0 saturated heterocycles. The molecule has 0 aliphatic rings. The van der Waals surface area contributed by atoms with Crippen LogP contribution in [0.1, 0.15) is 62.5 Å². The molecule has 0 atom stereocenters. The van der Waals surface area contributed by atoms with E-state index in [1.165, 1.54) is 0 Å². The number of rotatable bonds is 11. The van der Waals surface area contributed by atoms with Gasteiger partial charge in [0.2, 0.25) is 11.8 Å². The molecule has 0 spiro atoms. The molecule has 2 rings (SSSR count). The SMILES string of the molecule is CN(NC(=O)CCCCCCCCC(=O)NN(C)C(=S)c1ccccc1)C(=S)c1ccccc1. The summed E-state index contributed by atoms with van der Waals surface area (Å²) < 4.78 is 0. The van der Waals surface area contributed by atoms with Crippen LogP contribution in [0.4, 0.5) is 0 Å². The molecule has 0 fully saturated rings. The van der Waals surface area contributed by atoms with Crippen LogP contribution in [0.15, 0.2) is 60.7 Å². The third-order valence-corrected chi connectivity index (χ3v) is 6.31. The molecule has 2 amide bonds. The van der Waals surface area contributed by atoms with Crippen molar-refractivity contribution in [1.82, 2.24) is 20.9 Å². The molecular weight excluding hydrogens is 464 g/mol. The van der Waals surface area contributed by atoms with Gasteiger partial charge in [0.05, 0.1) is 0 Å². The molecule has 0 heterocycles. The summed E-state index contributed by atoms with van der Waals surface area (Å²) in [6.07, 6.45) is 6.67. The summed E-state index contributed by atoms with van der Waals surface area (Å²) in [5, 5.41) is 3.20. The number of thiocarbonyl (C=S) groups is 2. The van der Waals surface area contributed by atoms with Crippen LogP contribution in [-0.4, -0.2) is 45.9 Å². The standard InChI is InChI=1S/C26H34N4O2S2/c1-29(25(33)21-15-9-7-10-16-21)27-23(31)19-13-5-3-4-6-14-20-24(32)28-30(2)26(34)22-17-11-8-12-18-22/h7-12,15-18H,3-6,13-14,19-20H2,1-2H3,(H,27,31)(H,28,32). The van der Waals surface area contributed by atoms with Crippen molar-refractivity contribution in [3.05, 3.63) is 71.8 Å². The first-order valence-electron chi connectivity index (χ1n) is 11.6. The first kappa shape index (κ1) is 27.4. The molecule has 0 aliphatic heterocycles. The molecule has 2 aromatic rings. The van der Waals surface area contributed by atoms with Gasteiger partial charge in [-0.15, -0.1) is 0 Å². The third-order valence-electron chi connectivity index (χ3n) is 5.29. The number of nitrogens with zero attached hydrogens (tertiary/aromatic N) is 2. The lowest BCUT2D eigenvalue weighted by atomic mass is 10.1. The number of amides is 2. The largest absolute Gasteiger partial charge is 0.277 e. The average molecular weight is 499 g/mol. The molecule has 0 unspecified atom stereocenters. The highest BCUT2D eigenvalue weighted by Gasteiger charge is 2.11. The molecule has 0 saturated carbocycles. The maximum absolute atomic E-state index is 12.2. The topological polar surface area (TPSA) is 64.7 Å². The highest BCUT2D eigenvalue weighted by Crippen LogP contribution is 2.10. The molecule has 0 radical (unpaired) electrons. The molecule has 182 valence electrons. The quantitative estimate of drug-likeness (QED) is 0.264. The Balaban J connectivity index is 1.50. The van der Waals surface area contributed by atoms with Crippen molar-refractivity contribution in [2.24, 2.45) is 0 Å². The molecule has 8 heteroatoms. The Morgan fingerprint density at radius 3 is 1.29 bits per heavy atom. The average Bonchev–Trinajstić information content (AvgIpc) is 2.85. The normalized spacial score (nSPS) is 10.3. The molecule has 34 heavy (non-hydrogen) atoms. The van der Waals surface area contributed by atoms with Crippen LogP contribution in [0.3, 0.4) is 0 Å². The monoisotopic (exact) mass is 498 g/mol. The number of unbranched alkanes of at least 4 members (excludes halogenated alkanes) is 5. The van der Waals surface area contributed by atoms with Crippen molar-refractivity contribution in [1.29, 1.82) is 0 Å². The Morgan fingerprint density at radius 2 is 0.941 bits per heavy atom. The predicted octanol–water partition coefficient (Wildman–Crippen LogP) is 4.78. The number of benzene rings is 2. The Kier molecular flexibility index (Phi) is 12.2. The molecule has 0 bridgehead atoms. The van der Waals surface area contributed by atoms with E-state index in [0.717, 1.165) is 49.7 Å². The van der Waals surface area contributed by atoms with E-state index < -0.39 is 0 Å². The van der Waals surface area contributed by atoms with E-state index in [0.29, 0.717) is 22.8 Å². The van der Waals surface area contributed by atoms with Crippen LogP contribution in [0.5, 0.6) is 0 Å². The summed E-state index contributed by atoms with van der Waals surface area (Å²) in [5.74, 6) is -0.0648. The summed E-state index contributed by atoms with van der Waals surface area (Å²) in [7, 11) is 3.52. The Labute approximate surface area is 213 Å². The molecule has 6 nitrogen and oxygen atoms in total. The van der Waals surface area contributed by atoms with E-state index >= 15 is 0 Å². The van der Waals surface area contributed by atoms with Gasteiger partial charge in [-0.1, -0.05) is 111 Å². The van der Waals surface area contributed by atoms with Crippen LogP contribution in [0.2, 0.25) is 0 Å². The molecule has 2 aromatic carbocycles. The van der Waals surface area contributed by atoms with Gasteiger partial charge < -0.3 is 0 Å². The third kappa shape index (κ3) is 9.97. The van der Waals surface area contributed by atoms with E-state index in [4.69, 9.17) is 24.4 Å².